The zero-order valence-corrected chi connectivity index (χ0v) is 13.0. The summed E-state index contributed by atoms with van der Waals surface area (Å²) < 4.78 is 15.4. The number of hydrogen-bond acceptors (Lipinski definition) is 5. The third kappa shape index (κ3) is 4.25. The molecule has 2 aromatic rings. The van der Waals surface area contributed by atoms with Crippen LogP contribution < -0.4 is 14.8 Å². The molecule has 0 aliphatic carbocycles. The number of rotatable bonds is 7. The molecular formula is C16H20N2O4. The zero-order chi connectivity index (χ0) is 15.9. The monoisotopic (exact) mass is 304 g/mol. The highest BCUT2D eigenvalue weighted by molar-refractivity contribution is 5.78. The van der Waals surface area contributed by atoms with E-state index in [1.54, 1.807) is 27.2 Å². The number of nitrogens with zero attached hydrogens (tertiary/aromatic N) is 1. The van der Waals surface area contributed by atoms with Crippen molar-refractivity contribution in [3.05, 3.63) is 41.3 Å². The van der Waals surface area contributed by atoms with Crippen LogP contribution in [0.4, 0.5) is 0 Å². The van der Waals surface area contributed by atoms with Gasteiger partial charge < -0.3 is 19.3 Å². The van der Waals surface area contributed by atoms with E-state index in [0.717, 1.165) is 5.56 Å². The Morgan fingerprint density at radius 2 is 2.00 bits per heavy atom. The number of benzene rings is 1. The second-order valence-corrected chi connectivity index (χ2v) is 4.89. The fourth-order valence-corrected chi connectivity index (χ4v) is 2.11. The Morgan fingerprint density at radius 3 is 2.64 bits per heavy atom. The van der Waals surface area contributed by atoms with Gasteiger partial charge in [-0.2, -0.15) is 0 Å². The minimum Gasteiger partial charge on any atom is -0.493 e. The van der Waals surface area contributed by atoms with Crippen molar-refractivity contribution < 1.29 is 18.8 Å². The number of aromatic nitrogens is 1. The Hall–Kier alpha value is -2.50. The molecule has 2 rings (SSSR count). The van der Waals surface area contributed by atoms with Crippen LogP contribution in [0.2, 0.25) is 0 Å². The van der Waals surface area contributed by atoms with E-state index in [1.807, 2.05) is 18.2 Å². The molecule has 0 aliphatic heterocycles. The van der Waals surface area contributed by atoms with E-state index in [9.17, 15) is 4.79 Å². The lowest BCUT2D eigenvalue weighted by Crippen LogP contribution is -2.27. The number of hydrogen-bond donors (Lipinski definition) is 1. The van der Waals surface area contributed by atoms with Gasteiger partial charge in [0.1, 0.15) is 5.76 Å². The van der Waals surface area contributed by atoms with Gasteiger partial charge in [-0.25, -0.2) is 0 Å². The minimum absolute atomic E-state index is 0.0752. The number of methoxy groups -OCH3 is 2. The normalized spacial score (nSPS) is 10.3. The van der Waals surface area contributed by atoms with Gasteiger partial charge >= 0.3 is 0 Å². The molecule has 0 radical (unpaired) electrons. The number of aryl methyl sites for hydroxylation is 1. The molecule has 0 unspecified atom stereocenters. The lowest BCUT2D eigenvalue weighted by atomic mass is 10.1. The van der Waals surface area contributed by atoms with Crippen LogP contribution >= 0.6 is 0 Å². The first-order valence-electron chi connectivity index (χ1n) is 7.02. The van der Waals surface area contributed by atoms with Crippen LogP contribution in [-0.4, -0.2) is 31.8 Å². The fourth-order valence-electron chi connectivity index (χ4n) is 2.11. The Balaban J connectivity index is 1.82. The number of nitrogens with one attached hydrogen (secondary N) is 1. The molecule has 118 valence electrons. The summed E-state index contributed by atoms with van der Waals surface area (Å²) in [6.45, 7) is 2.34. The summed E-state index contributed by atoms with van der Waals surface area (Å²) in [5.74, 6) is 2.00. The van der Waals surface area contributed by atoms with E-state index in [4.69, 9.17) is 14.0 Å². The molecule has 0 spiro atoms. The van der Waals surface area contributed by atoms with Crippen LogP contribution in [0.5, 0.6) is 11.5 Å². The Kier molecular flexibility index (Phi) is 5.41. The molecule has 6 nitrogen and oxygen atoms in total. The van der Waals surface area contributed by atoms with E-state index in [-0.39, 0.29) is 12.3 Å². The number of ether oxygens (including phenoxy) is 2. The topological polar surface area (TPSA) is 73.6 Å². The molecular weight excluding hydrogens is 284 g/mol. The van der Waals surface area contributed by atoms with Crippen molar-refractivity contribution in [3.8, 4) is 11.5 Å². The summed E-state index contributed by atoms with van der Waals surface area (Å²) in [7, 11) is 3.20. The SMILES string of the molecule is COc1ccc(CCNC(=O)Cc2cc(C)on2)cc1OC. The number of carbonyl (C=O) groups is 1. The number of carbonyl (C=O) groups excluding carboxylic acids is 1. The van der Waals surface area contributed by atoms with Crippen molar-refractivity contribution in [2.24, 2.45) is 0 Å². The lowest BCUT2D eigenvalue weighted by molar-refractivity contribution is -0.120. The van der Waals surface area contributed by atoms with Gasteiger partial charge in [-0.05, 0) is 31.0 Å². The predicted octanol–water partition coefficient (Wildman–Crippen LogP) is 1.90. The van der Waals surface area contributed by atoms with Crippen LogP contribution in [-0.2, 0) is 17.6 Å². The van der Waals surface area contributed by atoms with Gasteiger partial charge in [-0.1, -0.05) is 11.2 Å². The maximum atomic E-state index is 11.8. The average molecular weight is 304 g/mol. The quantitative estimate of drug-likeness (QED) is 0.845. The molecule has 1 aromatic carbocycles. The Bertz CT molecular complexity index is 637. The van der Waals surface area contributed by atoms with Crippen molar-refractivity contribution in [2.75, 3.05) is 20.8 Å². The summed E-state index contributed by atoms with van der Waals surface area (Å²) in [6.07, 6.45) is 0.938. The summed E-state index contributed by atoms with van der Waals surface area (Å²) in [4.78, 5) is 11.8. The summed E-state index contributed by atoms with van der Waals surface area (Å²) >= 11 is 0. The molecule has 0 atom stereocenters. The molecule has 0 aliphatic rings. The summed E-state index contributed by atoms with van der Waals surface area (Å²) in [5, 5.41) is 6.66. The van der Waals surface area contributed by atoms with Gasteiger partial charge in [0.05, 0.1) is 26.3 Å². The van der Waals surface area contributed by atoms with E-state index < -0.39 is 0 Å². The Morgan fingerprint density at radius 1 is 1.23 bits per heavy atom. The van der Waals surface area contributed by atoms with Crippen molar-refractivity contribution in [1.29, 1.82) is 0 Å². The van der Waals surface area contributed by atoms with E-state index >= 15 is 0 Å². The second kappa shape index (κ2) is 7.49. The molecule has 0 bridgehead atoms. The first kappa shape index (κ1) is 15.9. The third-order valence-corrected chi connectivity index (χ3v) is 3.20. The van der Waals surface area contributed by atoms with Crippen LogP contribution in [0, 0.1) is 6.92 Å². The molecule has 1 aromatic heterocycles. The van der Waals surface area contributed by atoms with Gasteiger partial charge in [-0.15, -0.1) is 0 Å². The van der Waals surface area contributed by atoms with Gasteiger partial charge in [0.15, 0.2) is 11.5 Å². The van der Waals surface area contributed by atoms with E-state index in [1.165, 1.54) is 0 Å². The molecule has 0 saturated carbocycles. The number of amides is 1. The van der Waals surface area contributed by atoms with Crippen molar-refractivity contribution >= 4 is 5.91 Å². The highest BCUT2D eigenvalue weighted by Crippen LogP contribution is 2.27. The van der Waals surface area contributed by atoms with Gasteiger partial charge in [0.2, 0.25) is 5.91 Å². The van der Waals surface area contributed by atoms with E-state index in [0.29, 0.717) is 35.9 Å². The predicted molar refractivity (Wildman–Crippen MR) is 81.2 cm³/mol. The van der Waals surface area contributed by atoms with Crippen LogP contribution in [0.1, 0.15) is 17.0 Å². The van der Waals surface area contributed by atoms with Gasteiger partial charge in [0.25, 0.3) is 0 Å². The molecule has 1 heterocycles. The molecule has 1 N–H and O–H groups in total. The second-order valence-electron chi connectivity index (χ2n) is 4.89. The summed E-state index contributed by atoms with van der Waals surface area (Å²) in [6, 6.07) is 7.47. The highest BCUT2D eigenvalue weighted by Gasteiger charge is 2.08. The molecule has 22 heavy (non-hydrogen) atoms. The molecule has 6 heteroatoms. The smallest absolute Gasteiger partial charge is 0.226 e. The summed E-state index contributed by atoms with van der Waals surface area (Å²) in [5.41, 5.74) is 1.70. The lowest BCUT2D eigenvalue weighted by Gasteiger charge is -2.10. The maximum absolute atomic E-state index is 11.8. The van der Waals surface area contributed by atoms with E-state index in [2.05, 4.69) is 10.5 Å². The molecule has 0 fully saturated rings. The van der Waals surface area contributed by atoms with Crippen molar-refractivity contribution in [1.82, 2.24) is 10.5 Å². The minimum atomic E-state index is -0.0752. The molecule has 0 saturated heterocycles. The first-order chi connectivity index (χ1) is 10.6. The first-order valence-corrected chi connectivity index (χ1v) is 7.02. The van der Waals surface area contributed by atoms with Gasteiger partial charge in [0, 0.05) is 12.6 Å². The van der Waals surface area contributed by atoms with Crippen molar-refractivity contribution in [3.63, 3.8) is 0 Å². The molecule has 1 amide bonds. The fraction of sp³-hybridized carbons (Fsp3) is 0.375. The highest BCUT2D eigenvalue weighted by atomic mass is 16.5. The van der Waals surface area contributed by atoms with Crippen molar-refractivity contribution in [2.45, 2.75) is 19.8 Å². The Labute approximate surface area is 129 Å². The largest absolute Gasteiger partial charge is 0.493 e. The van der Waals surface area contributed by atoms with Crippen LogP contribution in [0.25, 0.3) is 0 Å². The van der Waals surface area contributed by atoms with Crippen LogP contribution in [0.3, 0.4) is 0 Å². The average Bonchev–Trinajstić information content (AvgIpc) is 2.92. The van der Waals surface area contributed by atoms with Crippen LogP contribution in [0.15, 0.2) is 28.8 Å². The third-order valence-electron chi connectivity index (χ3n) is 3.20. The maximum Gasteiger partial charge on any atom is 0.226 e. The van der Waals surface area contributed by atoms with Gasteiger partial charge in [-0.3, -0.25) is 4.79 Å². The zero-order valence-electron chi connectivity index (χ0n) is 13.0. The standard InChI is InChI=1S/C16H20N2O4/c1-11-8-13(18-22-11)10-16(19)17-7-6-12-4-5-14(20-2)15(9-12)21-3/h4-5,8-9H,6-7,10H2,1-3H3,(H,17,19).